The van der Waals surface area contributed by atoms with Crippen molar-refractivity contribution in [3.05, 3.63) is 18.3 Å². The van der Waals surface area contributed by atoms with Gasteiger partial charge in [-0.25, -0.2) is 13.4 Å². The fourth-order valence-electron chi connectivity index (χ4n) is 2.55. The minimum atomic E-state index is -3.22. The van der Waals surface area contributed by atoms with Gasteiger partial charge in [-0.05, 0) is 32.6 Å². The molecule has 1 aromatic heterocycles. The average molecular weight is 299 g/mol. The molecule has 0 aromatic carbocycles. The van der Waals surface area contributed by atoms with E-state index < -0.39 is 15.4 Å². The summed E-state index contributed by atoms with van der Waals surface area (Å²) in [6.07, 6.45) is 3.21. The number of sulfone groups is 1. The molecule has 1 aliphatic heterocycles. The highest BCUT2D eigenvalue weighted by atomic mass is 32.2. The van der Waals surface area contributed by atoms with Gasteiger partial charge in [0.1, 0.15) is 5.82 Å². The fourth-order valence-corrected chi connectivity index (χ4v) is 3.11. The van der Waals surface area contributed by atoms with Crippen molar-refractivity contribution < 1.29 is 13.5 Å². The van der Waals surface area contributed by atoms with E-state index in [9.17, 15) is 13.5 Å². The van der Waals surface area contributed by atoms with Crippen molar-refractivity contribution >= 4 is 15.7 Å². The van der Waals surface area contributed by atoms with E-state index in [1.807, 2.05) is 23.9 Å². The first kappa shape index (κ1) is 15.2. The number of aliphatic hydroxyl groups is 1. The zero-order valence-corrected chi connectivity index (χ0v) is 12.9. The van der Waals surface area contributed by atoms with Gasteiger partial charge in [-0.2, -0.15) is 0 Å². The molecular formula is C13H21N3O3S. The van der Waals surface area contributed by atoms with E-state index in [2.05, 4.69) is 4.98 Å². The summed E-state index contributed by atoms with van der Waals surface area (Å²) < 4.78 is 22.8. The molecule has 0 aliphatic carbocycles. The average Bonchev–Trinajstić information content (AvgIpc) is 2.69. The standard InChI is InChI=1S/C13H21N3O3S/c1-15(2)9-13(17)6-7-16(10-13)12-5-4-11(8-14-12)20(3,18)19/h4-5,8,17H,6-7,9-10H2,1-3H3. The van der Waals surface area contributed by atoms with Gasteiger partial charge in [0.2, 0.25) is 0 Å². The Morgan fingerprint density at radius 3 is 2.65 bits per heavy atom. The molecule has 0 bridgehead atoms. The molecule has 20 heavy (non-hydrogen) atoms. The molecule has 0 spiro atoms. The van der Waals surface area contributed by atoms with Crippen molar-refractivity contribution in [3.63, 3.8) is 0 Å². The molecule has 1 aliphatic rings. The third-order valence-corrected chi connectivity index (χ3v) is 4.51. The van der Waals surface area contributed by atoms with E-state index in [1.54, 1.807) is 12.1 Å². The summed E-state index contributed by atoms with van der Waals surface area (Å²) in [5.74, 6) is 0.701. The van der Waals surface area contributed by atoms with Gasteiger partial charge in [-0.3, -0.25) is 0 Å². The summed E-state index contributed by atoms with van der Waals surface area (Å²) in [6, 6.07) is 3.25. The Balaban J connectivity index is 2.11. The Kier molecular flexibility index (Phi) is 4.04. The number of hydrogen-bond acceptors (Lipinski definition) is 6. The molecule has 112 valence electrons. The molecule has 0 amide bonds. The molecule has 1 atom stereocenters. The number of anilines is 1. The van der Waals surface area contributed by atoms with E-state index in [-0.39, 0.29) is 4.90 Å². The molecule has 1 unspecified atom stereocenters. The van der Waals surface area contributed by atoms with Crippen molar-refractivity contribution in [2.24, 2.45) is 0 Å². The lowest BCUT2D eigenvalue weighted by molar-refractivity contribution is 0.0365. The molecule has 1 saturated heterocycles. The second-order valence-corrected chi connectivity index (χ2v) is 7.77. The van der Waals surface area contributed by atoms with Gasteiger partial charge < -0.3 is 14.9 Å². The van der Waals surface area contributed by atoms with Crippen LogP contribution in [-0.4, -0.2) is 69.0 Å². The van der Waals surface area contributed by atoms with Gasteiger partial charge in [0, 0.05) is 32.1 Å². The van der Waals surface area contributed by atoms with Crippen LogP contribution >= 0.6 is 0 Å². The number of pyridine rings is 1. The molecule has 0 saturated carbocycles. The maximum absolute atomic E-state index is 11.4. The van der Waals surface area contributed by atoms with Crippen LogP contribution in [0.1, 0.15) is 6.42 Å². The Morgan fingerprint density at radius 2 is 2.15 bits per heavy atom. The lowest BCUT2D eigenvalue weighted by Gasteiger charge is -2.27. The van der Waals surface area contributed by atoms with Crippen molar-refractivity contribution in [2.45, 2.75) is 16.9 Å². The van der Waals surface area contributed by atoms with Gasteiger partial charge in [-0.1, -0.05) is 0 Å². The second kappa shape index (κ2) is 5.31. The Hall–Kier alpha value is -1.18. The van der Waals surface area contributed by atoms with Gasteiger partial charge in [-0.15, -0.1) is 0 Å². The summed E-state index contributed by atoms with van der Waals surface area (Å²) >= 11 is 0. The van der Waals surface area contributed by atoms with Crippen LogP contribution in [0.3, 0.4) is 0 Å². The highest BCUT2D eigenvalue weighted by Gasteiger charge is 2.36. The maximum Gasteiger partial charge on any atom is 0.177 e. The molecule has 2 rings (SSSR count). The predicted molar refractivity (Wildman–Crippen MR) is 77.7 cm³/mol. The quantitative estimate of drug-likeness (QED) is 0.843. The van der Waals surface area contributed by atoms with Crippen molar-refractivity contribution in [1.29, 1.82) is 0 Å². The number of β-amino-alcohol motifs (C(OH)–C–C–N with tert-alkyl or cyclic N) is 1. The SMILES string of the molecule is CN(C)CC1(O)CCN(c2ccc(S(C)(=O)=O)cn2)C1. The summed E-state index contributed by atoms with van der Waals surface area (Å²) in [4.78, 5) is 8.35. The predicted octanol–water partition coefficient (Wildman–Crippen LogP) is -0.0121. The summed E-state index contributed by atoms with van der Waals surface area (Å²) in [6.45, 7) is 1.83. The van der Waals surface area contributed by atoms with Crippen LogP contribution in [0, 0.1) is 0 Å². The van der Waals surface area contributed by atoms with E-state index in [4.69, 9.17) is 0 Å². The zero-order valence-electron chi connectivity index (χ0n) is 12.1. The Bertz CT molecular complexity index is 571. The highest BCUT2D eigenvalue weighted by molar-refractivity contribution is 7.90. The largest absolute Gasteiger partial charge is 0.387 e. The summed E-state index contributed by atoms with van der Waals surface area (Å²) in [5, 5.41) is 10.5. The minimum Gasteiger partial charge on any atom is -0.387 e. The normalized spacial score (nSPS) is 23.6. The van der Waals surface area contributed by atoms with E-state index in [0.717, 1.165) is 12.8 Å². The van der Waals surface area contributed by atoms with Crippen LogP contribution in [0.2, 0.25) is 0 Å². The zero-order chi connectivity index (χ0) is 15.0. The molecular weight excluding hydrogens is 278 g/mol. The first-order valence-electron chi connectivity index (χ1n) is 6.48. The van der Waals surface area contributed by atoms with Crippen LogP contribution in [0.15, 0.2) is 23.2 Å². The Morgan fingerprint density at radius 1 is 1.45 bits per heavy atom. The van der Waals surface area contributed by atoms with E-state index in [1.165, 1.54) is 6.20 Å². The minimum absolute atomic E-state index is 0.212. The fraction of sp³-hybridized carbons (Fsp3) is 0.615. The van der Waals surface area contributed by atoms with Crippen molar-refractivity contribution in [1.82, 2.24) is 9.88 Å². The van der Waals surface area contributed by atoms with Gasteiger partial charge >= 0.3 is 0 Å². The van der Waals surface area contributed by atoms with Crippen LogP contribution in [0.5, 0.6) is 0 Å². The Labute approximate surface area is 120 Å². The van der Waals surface area contributed by atoms with Gasteiger partial charge in [0.05, 0.1) is 10.5 Å². The molecule has 6 nitrogen and oxygen atoms in total. The first-order chi connectivity index (χ1) is 9.20. The summed E-state index contributed by atoms with van der Waals surface area (Å²) in [7, 11) is 0.642. The highest BCUT2D eigenvalue weighted by Crippen LogP contribution is 2.26. The first-order valence-corrected chi connectivity index (χ1v) is 8.37. The van der Waals surface area contributed by atoms with Crippen LogP contribution in [0.25, 0.3) is 0 Å². The van der Waals surface area contributed by atoms with E-state index >= 15 is 0 Å². The number of aromatic nitrogens is 1. The third-order valence-electron chi connectivity index (χ3n) is 3.42. The number of likely N-dealkylation sites (N-methyl/N-ethyl adjacent to an activating group) is 1. The number of hydrogen-bond donors (Lipinski definition) is 1. The lowest BCUT2D eigenvalue weighted by atomic mass is 10.0. The maximum atomic E-state index is 11.4. The molecule has 2 heterocycles. The number of nitrogens with zero attached hydrogens (tertiary/aromatic N) is 3. The van der Waals surface area contributed by atoms with Crippen LogP contribution < -0.4 is 4.90 Å². The van der Waals surface area contributed by atoms with E-state index in [0.29, 0.717) is 25.3 Å². The van der Waals surface area contributed by atoms with Crippen molar-refractivity contribution in [3.8, 4) is 0 Å². The molecule has 7 heteroatoms. The topological polar surface area (TPSA) is 73.7 Å². The number of rotatable bonds is 4. The third kappa shape index (κ3) is 3.47. The van der Waals surface area contributed by atoms with Crippen molar-refractivity contribution in [2.75, 3.05) is 44.9 Å². The lowest BCUT2D eigenvalue weighted by Crippen LogP contribution is -2.42. The summed E-state index contributed by atoms with van der Waals surface area (Å²) in [5.41, 5.74) is -0.735. The molecule has 1 N–H and O–H groups in total. The second-order valence-electron chi connectivity index (χ2n) is 5.76. The molecule has 1 aromatic rings. The van der Waals surface area contributed by atoms with Gasteiger partial charge in [0.15, 0.2) is 9.84 Å². The van der Waals surface area contributed by atoms with Gasteiger partial charge in [0.25, 0.3) is 0 Å². The molecule has 1 fully saturated rings. The molecule has 0 radical (unpaired) electrons. The smallest absolute Gasteiger partial charge is 0.177 e. The van der Waals surface area contributed by atoms with Crippen LogP contribution in [-0.2, 0) is 9.84 Å². The van der Waals surface area contributed by atoms with Crippen LogP contribution in [0.4, 0.5) is 5.82 Å². The monoisotopic (exact) mass is 299 g/mol.